The molecule has 6 aliphatic rings. The third-order valence-corrected chi connectivity index (χ3v) is 24.7. The zero-order chi connectivity index (χ0) is 96.6. The summed E-state index contributed by atoms with van der Waals surface area (Å²) >= 11 is 5.51. The number of carboxylic acid groups (broad SMARTS) is 1. The van der Waals surface area contributed by atoms with Crippen LogP contribution in [0.5, 0.6) is 28.7 Å². The fourth-order valence-electron chi connectivity index (χ4n) is 17.7. The molecule has 0 fully saturated rings. The molecule has 0 unspecified atom stereocenters. The standard InChI is InChI=1S/C46H32N6O6.C32H24N2O6.C16H16N2.C8H6O4.C7H5ClN2/c47-19-29-15-31(23-49-21-29)27-57-43-17-33(7-9-35(43)25-53)45(55)51-13-11-39-37(3-1-5-41(39)51)38-4-2-6-42-40(38)12-14-52(42)46(56)34-8-10-36(26-54)44(18-34)58-28-32-16-30(20-48)22-50-24-32;35-17-21-9-7-19(15-29(21)37)31(39)33-13-11-25-23(3-1-5-27(25)33)24-4-2-6-28-26(24)12-14-34(28)32(40)20-8-10-22(18-36)30(38)16-20;1-3-11(13-7-9-17-15(13)5-1)12-4-2-6-16-14(12)8-10-18-16;9-4-6-2-1-5(8(11)12)3-7(6)10;8-2-6-1-7(3-9)5-10-4-6/h1-10,15-18,21-26H,11-14,27-28H2;1-10,15-18,37-38H,11-14H2;1-6,17-18H,7-10H2;1-4,10H,(H,11,12);1,4-5H,2H2. The van der Waals surface area contributed by atoms with Crippen LogP contribution in [0.3, 0.4) is 0 Å². The van der Waals surface area contributed by atoms with Crippen molar-refractivity contribution in [3.63, 3.8) is 0 Å². The molecule has 9 heterocycles. The highest BCUT2D eigenvalue weighted by Crippen LogP contribution is 2.47. The molecule has 4 amide bonds. The fraction of sp³-hybridized carbons (Fsp3) is 0.138. The van der Waals surface area contributed by atoms with Crippen LogP contribution in [0.4, 0.5) is 34.1 Å². The van der Waals surface area contributed by atoms with E-state index in [1.807, 2.05) is 91.0 Å². The molecule has 28 nitrogen and oxygen atoms in total. The normalized spacial score (nSPS) is 12.7. The highest BCUT2D eigenvalue weighted by molar-refractivity contribution is 6.17. The number of anilines is 6. The van der Waals surface area contributed by atoms with Crippen molar-refractivity contribution >= 4 is 107 Å². The van der Waals surface area contributed by atoms with Crippen LogP contribution in [-0.2, 0) is 57.6 Å². The molecule has 0 saturated carbocycles. The number of fused-ring (bicyclic) bond motifs is 6. The number of aromatic carboxylic acids is 1. The Balaban J connectivity index is 0.000000146. The number of rotatable bonds is 20. The number of benzene rings is 11. The average Bonchev–Trinajstić information content (AvgIpc) is 1.60. The number of phenolic OH excluding ortho intramolecular Hbond substituents is 3. The van der Waals surface area contributed by atoms with Gasteiger partial charge < -0.3 is 60.1 Å². The van der Waals surface area contributed by atoms with Gasteiger partial charge in [-0.05, 0) is 256 Å². The summed E-state index contributed by atoms with van der Waals surface area (Å²) in [5.41, 5.74) is 25.3. The second kappa shape index (κ2) is 42.2. The van der Waals surface area contributed by atoms with E-state index in [-0.39, 0.29) is 87.8 Å². The molecule has 20 rings (SSSR count). The van der Waals surface area contributed by atoms with E-state index in [4.69, 9.17) is 36.5 Å². The number of carboxylic acids is 1. The van der Waals surface area contributed by atoms with Crippen molar-refractivity contribution in [2.24, 2.45) is 0 Å². The lowest BCUT2D eigenvalue weighted by molar-refractivity contribution is 0.0694. The van der Waals surface area contributed by atoms with Crippen LogP contribution in [0.25, 0.3) is 33.4 Å². The van der Waals surface area contributed by atoms with E-state index < -0.39 is 5.97 Å². The van der Waals surface area contributed by atoms with Crippen molar-refractivity contribution < 1.29 is 77.8 Å². The van der Waals surface area contributed by atoms with E-state index in [9.17, 15) is 68.7 Å². The SMILES string of the molecule is N#Cc1cncc(CCl)c1.N#Cc1cncc(COc2cc(C(=O)N3CCc4c(-c5cccc6c5CCN6C(=O)c5ccc(C=O)c(OCc6cncc(C#N)c6)c5)cccc43)ccc2C=O)c1.O=Cc1ccc(C(=O)N2CCc3c(-c4cccc5c4CCN5C(=O)c4ccc(C=O)c(O)c4)cccc32)cc1O.O=Cc1ccc(C(=O)O)cc1O.c1cc2c(c(-c3cccc4c3CCN4)c1)CCN2. The van der Waals surface area contributed by atoms with Gasteiger partial charge in [-0.25, -0.2) is 4.79 Å². The number of carbonyl (C=O) groups is 10. The summed E-state index contributed by atoms with van der Waals surface area (Å²) in [6.45, 7) is 4.10. The first-order valence-electron chi connectivity index (χ1n) is 43.8. The van der Waals surface area contributed by atoms with Crippen molar-refractivity contribution in [2.75, 3.05) is 69.5 Å². The molecule has 0 atom stereocenters. The van der Waals surface area contributed by atoms with Gasteiger partial charge >= 0.3 is 5.97 Å². The predicted octanol–water partition coefficient (Wildman–Crippen LogP) is 17.8. The third-order valence-electron chi connectivity index (χ3n) is 24.4. The molecule has 29 heteroatoms. The van der Waals surface area contributed by atoms with Crippen molar-refractivity contribution in [3.8, 4) is 80.3 Å². The van der Waals surface area contributed by atoms with Crippen LogP contribution in [0.1, 0.15) is 170 Å². The monoisotopic (exact) mass is 1850 g/mol. The topological polar surface area (TPSA) is 417 Å². The Morgan fingerprint density at radius 1 is 0.348 bits per heavy atom. The maximum atomic E-state index is 14.1. The fourth-order valence-corrected chi connectivity index (χ4v) is 17.9. The molecule has 6 N–H and O–H groups in total. The number of aromatic hydroxyl groups is 3. The first kappa shape index (κ1) is 93.2. The number of aromatic nitrogens is 3. The maximum Gasteiger partial charge on any atom is 0.335 e. The number of ether oxygens (including phenoxy) is 2. The minimum atomic E-state index is -1.14. The van der Waals surface area contributed by atoms with Gasteiger partial charge in [-0.3, -0.25) is 58.1 Å². The number of phenols is 3. The lowest BCUT2D eigenvalue weighted by Crippen LogP contribution is -2.28. The second-order valence-electron chi connectivity index (χ2n) is 32.6. The molecule has 682 valence electrons. The Hall–Kier alpha value is -18.1. The predicted molar refractivity (Wildman–Crippen MR) is 518 cm³/mol. The Bertz CT molecular complexity index is 7020. The van der Waals surface area contributed by atoms with Gasteiger partial charge in [0.05, 0.1) is 50.1 Å². The molecule has 0 bridgehead atoms. The molecule has 138 heavy (non-hydrogen) atoms. The molecule has 14 aromatic rings. The van der Waals surface area contributed by atoms with Gasteiger partial charge in [0.15, 0.2) is 31.4 Å². The molecule has 6 aliphatic heterocycles. The minimum absolute atomic E-state index is 0.0434. The van der Waals surface area contributed by atoms with Gasteiger partial charge in [0.2, 0.25) is 0 Å². The summed E-state index contributed by atoms with van der Waals surface area (Å²) < 4.78 is 11.9. The van der Waals surface area contributed by atoms with Crippen LogP contribution in [0, 0.1) is 34.0 Å². The lowest BCUT2D eigenvalue weighted by Gasteiger charge is -2.20. The Morgan fingerprint density at radius 2 is 0.630 bits per heavy atom. The van der Waals surface area contributed by atoms with Gasteiger partial charge in [0, 0.05) is 150 Å². The molecule has 3 aromatic heterocycles. The van der Waals surface area contributed by atoms with Gasteiger partial charge in [0.1, 0.15) is 60.2 Å². The van der Waals surface area contributed by atoms with Crippen LogP contribution >= 0.6 is 11.6 Å². The van der Waals surface area contributed by atoms with E-state index in [1.165, 1.54) is 101 Å². The lowest BCUT2D eigenvalue weighted by atomic mass is 9.93. The van der Waals surface area contributed by atoms with Gasteiger partial charge in [0.25, 0.3) is 23.6 Å². The number of pyridine rings is 3. The largest absolute Gasteiger partial charge is 0.507 e. The summed E-state index contributed by atoms with van der Waals surface area (Å²) in [5.74, 6) is -2.01. The molecular formula is C109H83ClN12O16. The smallest absolute Gasteiger partial charge is 0.335 e. The number of halogens is 1. The summed E-state index contributed by atoms with van der Waals surface area (Å²) in [7, 11) is 0. The first-order chi connectivity index (χ1) is 67.2. The van der Waals surface area contributed by atoms with Gasteiger partial charge in [-0.1, -0.05) is 72.8 Å². The molecule has 0 saturated heterocycles. The van der Waals surface area contributed by atoms with Crippen LogP contribution in [0.15, 0.2) is 256 Å². The summed E-state index contributed by atoms with van der Waals surface area (Å²) in [6.07, 6.45) is 16.9. The van der Waals surface area contributed by atoms with Crippen molar-refractivity contribution in [3.05, 3.63) is 378 Å². The molecule has 11 aromatic carbocycles. The quantitative estimate of drug-likeness (QED) is 0.0305. The Morgan fingerprint density at radius 3 is 0.935 bits per heavy atom. The van der Waals surface area contributed by atoms with Crippen LogP contribution in [-0.4, -0.2) is 136 Å². The summed E-state index contributed by atoms with van der Waals surface area (Å²) in [6, 6.07) is 69.4. The van der Waals surface area contributed by atoms with E-state index in [2.05, 4.69) is 62.0 Å². The van der Waals surface area contributed by atoms with E-state index in [0.29, 0.717) is 150 Å². The number of amides is 4. The second-order valence-corrected chi connectivity index (χ2v) is 32.8. The van der Waals surface area contributed by atoms with Gasteiger partial charge in [-0.15, -0.1) is 11.6 Å². The number of hydrogen-bond acceptors (Lipinski definition) is 23. The third kappa shape index (κ3) is 19.9. The van der Waals surface area contributed by atoms with E-state index in [0.717, 1.165) is 105 Å². The highest BCUT2D eigenvalue weighted by atomic mass is 35.5. The molecular weight excluding hydrogens is 1770 g/mol. The number of nitriles is 3. The molecule has 0 aliphatic carbocycles. The molecule has 0 radical (unpaired) electrons. The van der Waals surface area contributed by atoms with E-state index >= 15 is 0 Å². The van der Waals surface area contributed by atoms with Crippen molar-refractivity contribution in [1.29, 1.82) is 15.8 Å². The van der Waals surface area contributed by atoms with Crippen molar-refractivity contribution in [2.45, 2.75) is 57.6 Å². The number of alkyl halides is 1. The number of aldehydes is 5. The van der Waals surface area contributed by atoms with Gasteiger partial charge in [-0.2, -0.15) is 15.8 Å². The Labute approximate surface area is 796 Å². The molecule has 0 spiro atoms. The first-order valence-corrected chi connectivity index (χ1v) is 44.4. The number of nitrogens with zero attached hydrogens (tertiary/aromatic N) is 10. The zero-order valence-corrected chi connectivity index (χ0v) is 74.5. The average molecular weight is 1850 g/mol. The number of hydrogen-bond donors (Lipinski definition) is 6. The van der Waals surface area contributed by atoms with Crippen LogP contribution < -0.4 is 39.7 Å². The Kier molecular flexibility index (Phi) is 28.5. The maximum absolute atomic E-state index is 14.1. The zero-order valence-electron chi connectivity index (χ0n) is 73.8. The number of carbonyl (C=O) groups excluding carboxylic acids is 9. The highest BCUT2D eigenvalue weighted by Gasteiger charge is 2.36. The van der Waals surface area contributed by atoms with E-state index in [1.54, 1.807) is 92.8 Å². The minimum Gasteiger partial charge on any atom is -0.507 e. The van der Waals surface area contributed by atoms with Crippen LogP contribution in [0.2, 0.25) is 0 Å². The summed E-state index contributed by atoms with van der Waals surface area (Å²) in [4.78, 5) is 140. The number of nitrogens with one attached hydrogen (secondary N) is 2. The van der Waals surface area contributed by atoms with Crippen molar-refractivity contribution in [1.82, 2.24) is 15.0 Å². The summed E-state index contributed by atoms with van der Waals surface area (Å²) in [5, 5.41) is 71.4.